The zero-order valence-electron chi connectivity index (χ0n) is 8.63. The number of thiazole rings is 1. The molecule has 2 rings (SSSR count). The first-order valence-corrected chi connectivity index (χ1v) is 5.76. The van der Waals surface area contributed by atoms with Gasteiger partial charge in [0.1, 0.15) is 0 Å². The van der Waals surface area contributed by atoms with E-state index in [1.54, 1.807) is 11.3 Å². The first-order valence-electron chi connectivity index (χ1n) is 4.88. The molecular formula is C10H14N4S. The van der Waals surface area contributed by atoms with E-state index in [-0.39, 0.29) is 6.04 Å². The van der Waals surface area contributed by atoms with Crippen LogP contribution < -0.4 is 5.73 Å². The molecular weight excluding hydrogens is 208 g/mol. The molecule has 2 aromatic heterocycles. The van der Waals surface area contributed by atoms with Crippen LogP contribution in [0.3, 0.4) is 0 Å². The molecule has 15 heavy (non-hydrogen) atoms. The van der Waals surface area contributed by atoms with Crippen molar-refractivity contribution in [1.82, 2.24) is 14.8 Å². The monoisotopic (exact) mass is 222 g/mol. The number of hydrogen-bond acceptors (Lipinski definition) is 4. The lowest BCUT2D eigenvalue weighted by Gasteiger charge is -2.08. The maximum Gasteiger partial charge on any atom is 0.0794 e. The maximum absolute atomic E-state index is 6.05. The highest BCUT2D eigenvalue weighted by Gasteiger charge is 2.08. The van der Waals surface area contributed by atoms with Crippen LogP contribution in [0.5, 0.6) is 0 Å². The molecule has 0 aliphatic heterocycles. The van der Waals surface area contributed by atoms with Gasteiger partial charge in [0.05, 0.1) is 5.51 Å². The third-order valence-corrected chi connectivity index (χ3v) is 3.36. The molecule has 0 saturated heterocycles. The molecule has 2 heterocycles. The number of rotatable bonds is 4. The highest BCUT2D eigenvalue weighted by molar-refractivity contribution is 7.09. The number of hydrogen-bond donors (Lipinski definition) is 1. The molecule has 2 aromatic rings. The highest BCUT2D eigenvalue weighted by atomic mass is 32.1. The first-order chi connectivity index (χ1) is 7.27. The Balaban J connectivity index is 1.91. The molecule has 0 spiro atoms. The molecule has 0 bridgehead atoms. The number of aryl methyl sites for hydroxylation is 2. The average Bonchev–Trinajstić information content (AvgIpc) is 2.85. The summed E-state index contributed by atoms with van der Waals surface area (Å²) in [6.07, 6.45) is 5.55. The summed E-state index contributed by atoms with van der Waals surface area (Å²) in [5, 5.41) is 4.12. The van der Waals surface area contributed by atoms with Crippen molar-refractivity contribution in [3.63, 3.8) is 0 Å². The topological polar surface area (TPSA) is 56.7 Å². The van der Waals surface area contributed by atoms with Crippen molar-refractivity contribution in [2.24, 2.45) is 12.8 Å². The predicted octanol–water partition coefficient (Wildman–Crippen LogP) is 1.51. The Bertz CT molecular complexity index is 407. The zero-order chi connectivity index (χ0) is 10.7. The molecule has 0 radical (unpaired) electrons. The molecule has 1 atom stereocenters. The Labute approximate surface area is 92.8 Å². The summed E-state index contributed by atoms with van der Waals surface area (Å²) in [7, 11) is 1.95. The summed E-state index contributed by atoms with van der Waals surface area (Å²) in [5.74, 6) is 0. The van der Waals surface area contributed by atoms with E-state index in [9.17, 15) is 0 Å². The van der Waals surface area contributed by atoms with Gasteiger partial charge in [0.2, 0.25) is 0 Å². The van der Waals surface area contributed by atoms with E-state index in [0.717, 1.165) is 17.7 Å². The minimum Gasteiger partial charge on any atom is -0.323 e. The maximum atomic E-state index is 6.05. The van der Waals surface area contributed by atoms with Crippen molar-refractivity contribution in [3.05, 3.63) is 34.5 Å². The number of nitrogens with two attached hydrogens (primary N) is 1. The first kappa shape index (κ1) is 10.3. The molecule has 0 aromatic carbocycles. The Morgan fingerprint density at radius 2 is 2.47 bits per heavy atom. The standard InChI is InChI=1S/C10H14N4S/c1-14-8(4-5-13-14)2-3-9(11)10-6-12-7-15-10/h4-7,9H,2-3,11H2,1H3. The Morgan fingerprint density at radius 1 is 1.60 bits per heavy atom. The predicted molar refractivity (Wildman–Crippen MR) is 60.6 cm³/mol. The summed E-state index contributed by atoms with van der Waals surface area (Å²) in [6, 6.07) is 2.12. The van der Waals surface area contributed by atoms with E-state index in [1.165, 1.54) is 5.69 Å². The lowest BCUT2D eigenvalue weighted by molar-refractivity contribution is 0.620. The van der Waals surface area contributed by atoms with E-state index in [4.69, 9.17) is 5.73 Å². The number of aromatic nitrogens is 3. The van der Waals surface area contributed by atoms with Crippen molar-refractivity contribution in [3.8, 4) is 0 Å². The van der Waals surface area contributed by atoms with Gasteiger partial charge in [-0.1, -0.05) is 0 Å². The van der Waals surface area contributed by atoms with Crippen molar-refractivity contribution in [1.29, 1.82) is 0 Å². The van der Waals surface area contributed by atoms with Crippen LogP contribution in [-0.2, 0) is 13.5 Å². The summed E-state index contributed by atoms with van der Waals surface area (Å²) < 4.78 is 1.89. The summed E-state index contributed by atoms with van der Waals surface area (Å²) in [6.45, 7) is 0. The minimum atomic E-state index is 0.0902. The summed E-state index contributed by atoms with van der Waals surface area (Å²) >= 11 is 1.61. The van der Waals surface area contributed by atoms with Gasteiger partial charge in [0.15, 0.2) is 0 Å². The SMILES string of the molecule is Cn1nccc1CCC(N)c1cncs1. The van der Waals surface area contributed by atoms with E-state index in [2.05, 4.69) is 10.1 Å². The van der Waals surface area contributed by atoms with Crippen LogP contribution in [0, 0.1) is 0 Å². The van der Waals surface area contributed by atoms with Gasteiger partial charge in [-0.05, 0) is 18.9 Å². The van der Waals surface area contributed by atoms with Crippen LogP contribution >= 0.6 is 11.3 Å². The lowest BCUT2D eigenvalue weighted by atomic mass is 10.1. The van der Waals surface area contributed by atoms with E-state index in [1.807, 2.05) is 35.7 Å². The van der Waals surface area contributed by atoms with Crippen LogP contribution in [0.2, 0.25) is 0 Å². The molecule has 0 aliphatic rings. The van der Waals surface area contributed by atoms with E-state index in [0.29, 0.717) is 0 Å². The smallest absolute Gasteiger partial charge is 0.0794 e. The summed E-state index contributed by atoms with van der Waals surface area (Å²) in [5.41, 5.74) is 9.08. The second-order valence-corrected chi connectivity index (χ2v) is 4.41. The Hall–Kier alpha value is -1.20. The molecule has 1 unspecified atom stereocenters. The Morgan fingerprint density at radius 3 is 3.07 bits per heavy atom. The van der Waals surface area contributed by atoms with Crippen LogP contribution in [-0.4, -0.2) is 14.8 Å². The quantitative estimate of drug-likeness (QED) is 0.853. The highest BCUT2D eigenvalue weighted by Crippen LogP contribution is 2.19. The van der Waals surface area contributed by atoms with Crippen LogP contribution in [0.25, 0.3) is 0 Å². The molecule has 0 aliphatic carbocycles. The van der Waals surface area contributed by atoms with Gasteiger partial charge >= 0.3 is 0 Å². The largest absolute Gasteiger partial charge is 0.323 e. The third-order valence-electron chi connectivity index (χ3n) is 2.45. The fourth-order valence-corrected chi connectivity index (χ4v) is 2.16. The van der Waals surface area contributed by atoms with Crippen LogP contribution in [0.1, 0.15) is 23.0 Å². The van der Waals surface area contributed by atoms with Gasteiger partial charge in [-0.2, -0.15) is 5.10 Å². The fourth-order valence-electron chi connectivity index (χ4n) is 1.50. The van der Waals surface area contributed by atoms with Gasteiger partial charge in [-0.15, -0.1) is 11.3 Å². The Kier molecular flexibility index (Phi) is 3.13. The molecule has 0 saturated carbocycles. The average molecular weight is 222 g/mol. The van der Waals surface area contributed by atoms with Gasteiger partial charge < -0.3 is 5.73 Å². The molecule has 4 nitrogen and oxygen atoms in total. The molecule has 0 amide bonds. The number of nitrogens with zero attached hydrogens (tertiary/aromatic N) is 3. The van der Waals surface area contributed by atoms with Gasteiger partial charge in [0.25, 0.3) is 0 Å². The molecule has 80 valence electrons. The second-order valence-electron chi connectivity index (χ2n) is 3.50. The van der Waals surface area contributed by atoms with E-state index < -0.39 is 0 Å². The van der Waals surface area contributed by atoms with Crippen molar-refractivity contribution in [2.75, 3.05) is 0 Å². The van der Waals surface area contributed by atoms with E-state index >= 15 is 0 Å². The second kappa shape index (κ2) is 4.55. The normalized spacial score (nSPS) is 12.9. The molecule has 2 N–H and O–H groups in total. The van der Waals surface area contributed by atoms with Crippen molar-refractivity contribution in [2.45, 2.75) is 18.9 Å². The minimum absolute atomic E-state index is 0.0902. The molecule has 5 heteroatoms. The van der Waals surface area contributed by atoms with Crippen molar-refractivity contribution < 1.29 is 0 Å². The zero-order valence-corrected chi connectivity index (χ0v) is 9.44. The third kappa shape index (κ3) is 2.43. The van der Waals surface area contributed by atoms with Crippen LogP contribution in [0.4, 0.5) is 0 Å². The molecule has 0 fully saturated rings. The van der Waals surface area contributed by atoms with Gasteiger partial charge in [0, 0.05) is 36.1 Å². The van der Waals surface area contributed by atoms with Crippen molar-refractivity contribution >= 4 is 11.3 Å². The van der Waals surface area contributed by atoms with Crippen LogP contribution in [0.15, 0.2) is 24.0 Å². The summed E-state index contributed by atoms with van der Waals surface area (Å²) in [4.78, 5) is 5.18. The fraction of sp³-hybridized carbons (Fsp3) is 0.400. The van der Waals surface area contributed by atoms with Gasteiger partial charge in [-0.25, -0.2) is 0 Å². The lowest BCUT2D eigenvalue weighted by Crippen LogP contribution is -2.11. The van der Waals surface area contributed by atoms with Gasteiger partial charge in [-0.3, -0.25) is 9.67 Å².